The molecule has 0 aliphatic heterocycles. The average Bonchev–Trinajstić information content (AvgIpc) is 1.99. The highest BCUT2D eigenvalue weighted by atomic mass is 16.3. The van der Waals surface area contributed by atoms with E-state index >= 15 is 0 Å². The monoisotopic (exact) mass is 159 g/mol. The van der Waals surface area contributed by atoms with Crippen molar-refractivity contribution in [2.75, 3.05) is 6.61 Å². The number of rotatable bonds is 5. The van der Waals surface area contributed by atoms with Gasteiger partial charge in [-0.15, -0.1) is 0 Å². The summed E-state index contributed by atoms with van der Waals surface area (Å²) in [5.41, 5.74) is 0. The Labute approximate surface area is 70.0 Å². The molecule has 0 saturated heterocycles. The summed E-state index contributed by atoms with van der Waals surface area (Å²) in [6.07, 6.45) is 0.994. The quantitative estimate of drug-likeness (QED) is 0.635. The zero-order chi connectivity index (χ0) is 8.85. The number of aliphatic hydroxyl groups is 1. The summed E-state index contributed by atoms with van der Waals surface area (Å²) in [6, 6.07) is 0.763. The Bertz CT molecular complexity index is 89.6. The van der Waals surface area contributed by atoms with Crippen molar-refractivity contribution in [3.05, 3.63) is 0 Å². The van der Waals surface area contributed by atoms with Crippen LogP contribution in [0.25, 0.3) is 0 Å². The fourth-order valence-electron chi connectivity index (χ4n) is 0.864. The molecule has 0 saturated carbocycles. The van der Waals surface area contributed by atoms with Crippen LogP contribution >= 0.6 is 0 Å². The molecule has 0 fully saturated rings. The predicted molar refractivity (Wildman–Crippen MR) is 48.6 cm³/mol. The van der Waals surface area contributed by atoms with Gasteiger partial charge >= 0.3 is 0 Å². The van der Waals surface area contributed by atoms with Crippen molar-refractivity contribution in [3.63, 3.8) is 0 Å². The molecular formula is C9H21NO. The maximum atomic E-state index is 8.89. The summed E-state index contributed by atoms with van der Waals surface area (Å²) < 4.78 is 0. The second-order valence-corrected chi connectivity index (χ2v) is 3.49. The van der Waals surface area contributed by atoms with Crippen LogP contribution < -0.4 is 5.32 Å². The molecule has 0 rings (SSSR count). The van der Waals surface area contributed by atoms with Crippen molar-refractivity contribution in [2.24, 2.45) is 5.92 Å². The lowest BCUT2D eigenvalue weighted by molar-refractivity contribution is 0.220. The van der Waals surface area contributed by atoms with Gasteiger partial charge in [0.2, 0.25) is 0 Å². The lowest BCUT2D eigenvalue weighted by atomic mass is 10.1. The van der Waals surface area contributed by atoms with E-state index in [9.17, 15) is 0 Å². The minimum absolute atomic E-state index is 0.244. The second-order valence-electron chi connectivity index (χ2n) is 3.49. The van der Waals surface area contributed by atoms with Crippen LogP contribution in [0.4, 0.5) is 0 Å². The molecule has 0 spiro atoms. The number of hydrogen-bond donors (Lipinski definition) is 2. The molecule has 0 aromatic rings. The summed E-state index contributed by atoms with van der Waals surface area (Å²) in [4.78, 5) is 0. The van der Waals surface area contributed by atoms with E-state index in [1.54, 1.807) is 0 Å². The smallest absolute Gasteiger partial charge is 0.0584 e. The first kappa shape index (κ1) is 10.9. The van der Waals surface area contributed by atoms with Crippen LogP contribution in [0.1, 0.15) is 34.1 Å². The molecule has 0 amide bonds. The van der Waals surface area contributed by atoms with Gasteiger partial charge in [0.25, 0.3) is 0 Å². The zero-order valence-corrected chi connectivity index (χ0v) is 8.09. The highest BCUT2D eigenvalue weighted by Gasteiger charge is 2.11. The minimum atomic E-state index is 0.244. The lowest BCUT2D eigenvalue weighted by Crippen LogP contribution is -2.41. The molecule has 2 nitrogen and oxygen atoms in total. The Morgan fingerprint density at radius 3 is 2.09 bits per heavy atom. The normalized spacial score (nSPS) is 16.9. The Hall–Kier alpha value is -0.0800. The topological polar surface area (TPSA) is 32.3 Å². The van der Waals surface area contributed by atoms with Gasteiger partial charge in [0.05, 0.1) is 6.61 Å². The first-order chi connectivity index (χ1) is 5.11. The van der Waals surface area contributed by atoms with Crippen LogP contribution in [-0.2, 0) is 0 Å². The fourth-order valence-corrected chi connectivity index (χ4v) is 0.864. The third-order valence-electron chi connectivity index (χ3n) is 2.21. The van der Waals surface area contributed by atoms with E-state index in [2.05, 4.69) is 33.0 Å². The van der Waals surface area contributed by atoms with E-state index in [0.29, 0.717) is 12.0 Å². The van der Waals surface area contributed by atoms with Crippen molar-refractivity contribution >= 4 is 0 Å². The van der Waals surface area contributed by atoms with Gasteiger partial charge in [-0.2, -0.15) is 0 Å². The zero-order valence-electron chi connectivity index (χ0n) is 8.09. The van der Waals surface area contributed by atoms with Gasteiger partial charge in [0.1, 0.15) is 0 Å². The first-order valence-corrected chi connectivity index (χ1v) is 4.48. The number of nitrogens with one attached hydrogen (secondary N) is 1. The van der Waals surface area contributed by atoms with E-state index < -0.39 is 0 Å². The van der Waals surface area contributed by atoms with Crippen molar-refractivity contribution in [3.8, 4) is 0 Å². The molecule has 0 aromatic heterocycles. The van der Waals surface area contributed by atoms with Crippen LogP contribution in [0.5, 0.6) is 0 Å². The maximum absolute atomic E-state index is 8.89. The predicted octanol–water partition coefficient (Wildman–Crippen LogP) is 1.39. The summed E-state index contributed by atoms with van der Waals surface area (Å²) in [5, 5.41) is 12.3. The molecule has 68 valence electrons. The second kappa shape index (κ2) is 5.56. The molecule has 11 heavy (non-hydrogen) atoms. The Morgan fingerprint density at radius 2 is 1.82 bits per heavy atom. The van der Waals surface area contributed by atoms with Crippen LogP contribution in [0, 0.1) is 5.92 Å². The molecule has 0 unspecified atom stereocenters. The molecular weight excluding hydrogens is 138 g/mol. The van der Waals surface area contributed by atoms with E-state index in [-0.39, 0.29) is 12.6 Å². The summed E-state index contributed by atoms with van der Waals surface area (Å²) >= 11 is 0. The molecule has 0 aromatic carbocycles. The Morgan fingerprint density at radius 1 is 1.27 bits per heavy atom. The largest absolute Gasteiger partial charge is 0.395 e. The Kier molecular flexibility index (Phi) is 5.51. The maximum Gasteiger partial charge on any atom is 0.0584 e. The van der Waals surface area contributed by atoms with Gasteiger partial charge in [-0.25, -0.2) is 0 Å². The van der Waals surface area contributed by atoms with E-state index in [1.807, 2.05) is 0 Å². The highest BCUT2D eigenvalue weighted by molar-refractivity contribution is 4.71. The molecule has 0 aliphatic rings. The van der Waals surface area contributed by atoms with Gasteiger partial charge in [-0.1, -0.05) is 20.8 Å². The van der Waals surface area contributed by atoms with Gasteiger partial charge in [-0.05, 0) is 19.3 Å². The number of aliphatic hydroxyl groups excluding tert-OH is 1. The minimum Gasteiger partial charge on any atom is -0.395 e. The summed E-state index contributed by atoms with van der Waals surface area (Å²) in [7, 11) is 0. The molecule has 2 N–H and O–H groups in total. The summed E-state index contributed by atoms with van der Waals surface area (Å²) in [6.45, 7) is 8.85. The van der Waals surface area contributed by atoms with Crippen molar-refractivity contribution in [2.45, 2.75) is 46.2 Å². The molecule has 0 bridgehead atoms. The first-order valence-electron chi connectivity index (χ1n) is 4.48. The third-order valence-corrected chi connectivity index (χ3v) is 2.21. The Balaban J connectivity index is 3.62. The van der Waals surface area contributed by atoms with Crippen LogP contribution in [0.2, 0.25) is 0 Å². The standard InChI is InChI=1S/C9H21NO/c1-5-9(6-11)10-8(4)7(2)3/h7-11H,5-6H2,1-4H3/t8-,9-/m1/s1. The van der Waals surface area contributed by atoms with E-state index in [1.165, 1.54) is 0 Å². The van der Waals surface area contributed by atoms with E-state index in [0.717, 1.165) is 6.42 Å². The summed E-state index contributed by atoms with van der Waals surface area (Å²) in [5.74, 6) is 0.635. The van der Waals surface area contributed by atoms with Crippen LogP contribution in [-0.4, -0.2) is 23.8 Å². The average molecular weight is 159 g/mol. The third kappa shape index (κ3) is 4.38. The van der Waals surface area contributed by atoms with Crippen molar-refractivity contribution in [1.82, 2.24) is 5.32 Å². The lowest BCUT2D eigenvalue weighted by Gasteiger charge is -2.23. The van der Waals surface area contributed by atoms with Crippen molar-refractivity contribution in [1.29, 1.82) is 0 Å². The van der Waals surface area contributed by atoms with Gasteiger partial charge in [0, 0.05) is 12.1 Å². The van der Waals surface area contributed by atoms with Crippen LogP contribution in [0.15, 0.2) is 0 Å². The molecule has 0 heterocycles. The van der Waals surface area contributed by atoms with Crippen LogP contribution in [0.3, 0.4) is 0 Å². The molecule has 0 radical (unpaired) electrons. The number of hydrogen-bond acceptors (Lipinski definition) is 2. The van der Waals surface area contributed by atoms with Gasteiger partial charge in [0.15, 0.2) is 0 Å². The van der Waals surface area contributed by atoms with E-state index in [4.69, 9.17) is 5.11 Å². The van der Waals surface area contributed by atoms with Crippen molar-refractivity contribution < 1.29 is 5.11 Å². The van der Waals surface area contributed by atoms with Gasteiger partial charge < -0.3 is 10.4 Å². The van der Waals surface area contributed by atoms with Gasteiger partial charge in [-0.3, -0.25) is 0 Å². The molecule has 2 heteroatoms. The highest BCUT2D eigenvalue weighted by Crippen LogP contribution is 2.02. The molecule has 0 aliphatic carbocycles. The fraction of sp³-hybridized carbons (Fsp3) is 1.00. The SMILES string of the molecule is CC[C@H](CO)N[C@H](C)C(C)C. The molecule has 2 atom stereocenters.